The van der Waals surface area contributed by atoms with Gasteiger partial charge in [0.25, 0.3) is 0 Å². The molecular formula is C12H13Cl2NO6S2. The number of benzene rings is 1. The lowest BCUT2D eigenvalue weighted by atomic mass is 10.2. The Morgan fingerprint density at radius 3 is 2.43 bits per heavy atom. The third-order valence-electron chi connectivity index (χ3n) is 3.40. The number of carboxylic acids is 1. The lowest BCUT2D eigenvalue weighted by Gasteiger charge is -2.25. The second-order valence-electron chi connectivity index (χ2n) is 5.08. The molecule has 1 aliphatic rings. The average Bonchev–Trinajstić information content (AvgIpc) is 2.78. The number of aliphatic carboxylic acids is 1. The quantitative estimate of drug-likeness (QED) is 0.794. The fourth-order valence-corrected chi connectivity index (χ4v) is 6.14. The highest BCUT2D eigenvalue weighted by Gasteiger charge is 2.40. The van der Waals surface area contributed by atoms with Crippen LogP contribution < -0.4 is 0 Å². The van der Waals surface area contributed by atoms with Crippen LogP contribution in [-0.4, -0.2) is 56.3 Å². The fourth-order valence-electron chi connectivity index (χ4n) is 2.32. The van der Waals surface area contributed by atoms with Gasteiger partial charge in [0.1, 0.15) is 6.54 Å². The van der Waals surface area contributed by atoms with Crippen LogP contribution in [0.25, 0.3) is 0 Å². The van der Waals surface area contributed by atoms with Gasteiger partial charge in [-0.2, -0.15) is 4.31 Å². The number of carboxylic acid groups (broad SMARTS) is 1. The molecule has 23 heavy (non-hydrogen) atoms. The number of hydrogen-bond acceptors (Lipinski definition) is 5. The summed E-state index contributed by atoms with van der Waals surface area (Å²) in [6, 6.07) is 2.66. The topological polar surface area (TPSA) is 109 Å². The molecule has 0 amide bonds. The summed E-state index contributed by atoms with van der Waals surface area (Å²) in [5.41, 5.74) is 0. The van der Waals surface area contributed by atoms with Gasteiger partial charge in [-0.3, -0.25) is 4.79 Å². The van der Waals surface area contributed by atoms with Crippen molar-refractivity contribution in [3.05, 3.63) is 28.2 Å². The molecule has 1 heterocycles. The van der Waals surface area contributed by atoms with Gasteiger partial charge in [0.2, 0.25) is 10.0 Å². The van der Waals surface area contributed by atoms with Crippen LogP contribution in [0.3, 0.4) is 0 Å². The normalized spacial score (nSPS) is 20.7. The van der Waals surface area contributed by atoms with Crippen LogP contribution in [0.2, 0.25) is 10.0 Å². The standard InChI is InChI=1S/C12H13Cl2NO6S2/c13-10-2-1-9(5-11(10)14)23(20,21)15(6-12(16)17)8-3-4-22(18,19)7-8/h1-2,5,8H,3-4,6-7H2,(H,16,17)/t8-/m1/s1. The van der Waals surface area contributed by atoms with Crippen LogP contribution in [0.5, 0.6) is 0 Å². The van der Waals surface area contributed by atoms with E-state index < -0.39 is 44.2 Å². The number of hydrogen-bond donors (Lipinski definition) is 1. The lowest BCUT2D eigenvalue weighted by molar-refractivity contribution is -0.137. The molecule has 11 heteroatoms. The number of rotatable bonds is 5. The van der Waals surface area contributed by atoms with Gasteiger partial charge < -0.3 is 5.11 Å². The molecule has 0 aromatic heterocycles. The average molecular weight is 402 g/mol. The van der Waals surface area contributed by atoms with Crippen molar-refractivity contribution < 1.29 is 26.7 Å². The van der Waals surface area contributed by atoms with Crippen LogP contribution in [0, 0.1) is 0 Å². The van der Waals surface area contributed by atoms with E-state index in [1.54, 1.807) is 0 Å². The fraction of sp³-hybridized carbons (Fsp3) is 0.417. The van der Waals surface area contributed by atoms with E-state index in [0.717, 1.165) is 6.07 Å². The number of halogens is 2. The Hall–Kier alpha value is -0.870. The summed E-state index contributed by atoms with van der Waals surface area (Å²) in [7, 11) is -7.60. The van der Waals surface area contributed by atoms with Crippen LogP contribution >= 0.6 is 23.2 Å². The second kappa shape index (κ2) is 6.56. The molecule has 0 saturated carbocycles. The summed E-state index contributed by atoms with van der Waals surface area (Å²) in [6.07, 6.45) is 0.0518. The van der Waals surface area contributed by atoms with E-state index >= 15 is 0 Å². The number of sulfonamides is 1. The van der Waals surface area contributed by atoms with Gasteiger partial charge in [-0.25, -0.2) is 16.8 Å². The summed E-state index contributed by atoms with van der Waals surface area (Å²) in [6.45, 7) is -0.831. The molecule has 0 radical (unpaired) electrons. The molecule has 0 spiro atoms. The van der Waals surface area contributed by atoms with Gasteiger partial charge in [0.05, 0.1) is 26.4 Å². The summed E-state index contributed by atoms with van der Waals surface area (Å²) in [5.74, 6) is -1.95. The van der Waals surface area contributed by atoms with Crippen LogP contribution in [-0.2, 0) is 24.7 Å². The van der Waals surface area contributed by atoms with Gasteiger partial charge in [-0.1, -0.05) is 23.2 Å². The zero-order chi connectivity index (χ0) is 17.4. The maximum Gasteiger partial charge on any atom is 0.318 e. The Balaban J connectivity index is 2.45. The highest BCUT2D eigenvalue weighted by Crippen LogP contribution is 2.29. The first-order valence-electron chi connectivity index (χ1n) is 6.42. The van der Waals surface area contributed by atoms with Crippen molar-refractivity contribution in [3.8, 4) is 0 Å². The molecule has 0 unspecified atom stereocenters. The molecule has 1 aromatic carbocycles. The van der Waals surface area contributed by atoms with Crippen molar-refractivity contribution in [1.82, 2.24) is 4.31 Å². The third kappa shape index (κ3) is 4.16. The largest absolute Gasteiger partial charge is 0.480 e. The van der Waals surface area contributed by atoms with E-state index in [-0.39, 0.29) is 27.1 Å². The molecule has 1 aromatic rings. The molecule has 1 saturated heterocycles. The van der Waals surface area contributed by atoms with Gasteiger partial charge in [-0.15, -0.1) is 0 Å². The van der Waals surface area contributed by atoms with Crippen molar-refractivity contribution in [2.75, 3.05) is 18.1 Å². The van der Waals surface area contributed by atoms with Crippen LogP contribution in [0.1, 0.15) is 6.42 Å². The van der Waals surface area contributed by atoms with Gasteiger partial charge in [0.15, 0.2) is 9.84 Å². The van der Waals surface area contributed by atoms with Gasteiger partial charge in [0, 0.05) is 6.04 Å². The Morgan fingerprint density at radius 2 is 1.96 bits per heavy atom. The van der Waals surface area contributed by atoms with Crippen LogP contribution in [0.4, 0.5) is 0 Å². The molecule has 7 nitrogen and oxygen atoms in total. The van der Waals surface area contributed by atoms with E-state index in [4.69, 9.17) is 28.3 Å². The maximum absolute atomic E-state index is 12.7. The molecule has 2 rings (SSSR count). The molecule has 1 N–H and O–H groups in total. The predicted molar refractivity (Wildman–Crippen MR) is 85.0 cm³/mol. The minimum absolute atomic E-state index is 0.00191. The van der Waals surface area contributed by atoms with Gasteiger partial charge >= 0.3 is 5.97 Å². The highest BCUT2D eigenvalue weighted by molar-refractivity contribution is 7.92. The smallest absolute Gasteiger partial charge is 0.318 e. The van der Waals surface area contributed by atoms with Gasteiger partial charge in [-0.05, 0) is 24.6 Å². The monoisotopic (exact) mass is 401 g/mol. The highest BCUT2D eigenvalue weighted by atomic mass is 35.5. The Bertz CT molecular complexity index is 837. The Kier molecular flexibility index (Phi) is 5.27. The second-order valence-corrected chi connectivity index (χ2v) is 10.0. The molecule has 128 valence electrons. The summed E-state index contributed by atoms with van der Waals surface area (Å²) >= 11 is 11.6. The van der Waals surface area contributed by atoms with E-state index in [1.807, 2.05) is 0 Å². The van der Waals surface area contributed by atoms with E-state index in [2.05, 4.69) is 0 Å². The number of carbonyl (C=O) groups is 1. The predicted octanol–water partition coefficient (Wildman–Crippen LogP) is 1.26. The summed E-state index contributed by atoms with van der Waals surface area (Å²) in [5, 5.41) is 9.13. The number of sulfone groups is 1. The molecule has 0 aliphatic carbocycles. The molecule has 1 atom stereocenters. The first-order valence-corrected chi connectivity index (χ1v) is 10.4. The summed E-state index contributed by atoms with van der Waals surface area (Å²) < 4.78 is 49.3. The maximum atomic E-state index is 12.7. The zero-order valence-electron chi connectivity index (χ0n) is 11.6. The van der Waals surface area contributed by atoms with Crippen molar-refractivity contribution >= 4 is 49.0 Å². The lowest BCUT2D eigenvalue weighted by Crippen LogP contribution is -2.44. The van der Waals surface area contributed by atoms with E-state index in [1.165, 1.54) is 12.1 Å². The molecule has 1 aliphatic heterocycles. The van der Waals surface area contributed by atoms with Crippen LogP contribution in [0.15, 0.2) is 23.1 Å². The zero-order valence-corrected chi connectivity index (χ0v) is 14.8. The van der Waals surface area contributed by atoms with Crippen molar-refractivity contribution in [2.45, 2.75) is 17.4 Å². The third-order valence-corrected chi connectivity index (χ3v) is 7.79. The SMILES string of the molecule is O=C(O)CN([C@@H]1CCS(=O)(=O)C1)S(=O)(=O)c1ccc(Cl)c(Cl)c1. The minimum atomic E-state index is -4.22. The molecular weight excluding hydrogens is 389 g/mol. The first kappa shape index (κ1) is 18.5. The van der Waals surface area contributed by atoms with Crippen molar-refractivity contribution in [3.63, 3.8) is 0 Å². The Labute approximate surface area is 143 Å². The molecule has 0 bridgehead atoms. The molecule has 1 fully saturated rings. The van der Waals surface area contributed by atoms with Crippen molar-refractivity contribution in [2.24, 2.45) is 0 Å². The van der Waals surface area contributed by atoms with E-state index in [9.17, 15) is 21.6 Å². The first-order chi connectivity index (χ1) is 10.5. The summed E-state index contributed by atoms with van der Waals surface area (Å²) in [4.78, 5) is 10.8. The Morgan fingerprint density at radius 1 is 1.30 bits per heavy atom. The minimum Gasteiger partial charge on any atom is -0.480 e. The van der Waals surface area contributed by atoms with E-state index in [0.29, 0.717) is 4.31 Å². The number of nitrogens with zero attached hydrogens (tertiary/aromatic N) is 1. The van der Waals surface area contributed by atoms with Crippen molar-refractivity contribution in [1.29, 1.82) is 0 Å².